The maximum Gasteiger partial charge on any atom is 0.417 e. The fraction of sp³-hybridized carbons (Fsp3) is 0.207. The lowest BCUT2D eigenvalue weighted by Gasteiger charge is -2.18. The normalized spacial score (nSPS) is 12.8. The van der Waals surface area contributed by atoms with E-state index in [1.807, 2.05) is 30.3 Å². The fourth-order valence-electron chi connectivity index (χ4n) is 4.49. The van der Waals surface area contributed by atoms with E-state index in [1.54, 1.807) is 6.92 Å². The van der Waals surface area contributed by atoms with E-state index in [4.69, 9.17) is 0 Å². The number of carbonyl (C=O) groups excluding carboxylic acids is 1. The molecule has 0 aliphatic rings. The molecule has 0 spiro atoms. The second kappa shape index (κ2) is 11.1. The average molecular weight is 557 g/mol. The molecule has 0 saturated carbocycles. The molecule has 0 aliphatic carbocycles. The molecule has 0 radical (unpaired) electrons. The minimum atomic E-state index is -4.63. The van der Waals surface area contributed by atoms with E-state index in [1.165, 1.54) is 53.2 Å². The molecule has 4 aromatic rings. The van der Waals surface area contributed by atoms with E-state index in [-0.39, 0.29) is 34.7 Å². The molecule has 1 unspecified atom stereocenters. The largest absolute Gasteiger partial charge is 0.417 e. The Bertz CT molecular complexity index is 1580. The number of aliphatic hydroxyl groups is 1. The molecule has 1 amide bonds. The van der Waals surface area contributed by atoms with Crippen molar-refractivity contribution in [1.82, 2.24) is 4.57 Å². The highest BCUT2D eigenvalue weighted by atomic mass is 32.2. The molecule has 4 rings (SSSR count). The first-order chi connectivity index (χ1) is 18.3. The summed E-state index contributed by atoms with van der Waals surface area (Å²) in [7, 11) is -3.42. The van der Waals surface area contributed by atoms with Crippen LogP contribution < -0.4 is 5.32 Å². The highest BCUT2D eigenvalue weighted by molar-refractivity contribution is 7.90. The predicted octanol–water partition coefficient (Wildman–Crippen LogP) is 5.74. The van der Waals surface area contributed by atoms with Gasteiger partial charge in [-0.3, -0.25) is 4.79 Å². The number of hydrogen-bond donors (Lipinski definition) is 2. The third kappa shape index (κ3) is 6.58. The van der Waals surface area contributed by atoms with Gasteiger partial charge in [-0.2, -0.15) is 13.2 Å². The first kappa shape index (κ1) is 28.1. The van der Waals surface area contributed by atoms with Gasteiger partial charge in [0.15, 0.2) is 9.84 Å². The van der Waals surface area contributed by atoms with Crippen LogP contribution in [0.5, 0.6) is 0 Å². The zero-order chi connectivity index (χ0) is 28.4. The number of carbonyl (C=O) groups is 1. The van der Waals surface area contributed by atoms with Crippen LogP contribution in [0, 0.1) is 6.92 Å². The van der Waals surface area contributed by atoms with Gasteiger partial charge in [0.2, 0.25) is 0 Å². The van der Waals surface area contributed by atoms with Crippen molar-refractivity contribution in [3.05, 3.63) is 107 Å². The predicted molar refractivity (Wildman–Crippen MR) is 143 cm³/mol. The van der Waals surface area contributed by atoms with Crippen molar-refractivity contribution < 1.29 is 31.5 Å². The Balaban J connectivity index is 1.73. The molecule has 39 heavy (non-hydrogen) atoms. The van der Waals surface area contributed by atoms with Crippen molar-refractivity contribution in [2.45, 2.75) is 37.1 Å². The summed E-state index contributed by atoms with van der Waals surface area (Å²) in [5, 5.41) is 13.5. The number of sulfone groups is 1. The van der Waals surface area contributed by atoms with Crippen LogP contribution in [0.2, 0.25) is 0 Å². The number of aromatic nitrogens is 1. The number of alkyl halides is 3. The lowest BCUT2D eigenvalue weighted by molar-refractivity contribution is -0.137. The Morgan fingerprint density at radius 3 is 2.21 bits per heavy atom. The van der Waals surface area contributed by atoms with Gasteiger partial charge in [0, 0.05) is 36.7 Å². The maximum atomic E-state index is 13.9. The smallest absolute Gasteiger partial charge is 0.391 e. The zero-order valence-electron chi connectivity index (χ0n) is 21.2. The number of benzene rings is 3. The third-order valence-corrected chi connectivity index (χ3v) is 7.45. The number of halogens is 3. The monoisotopic (exact) mass is 556 g/mol. The van der Waals surface area contributed by atoms with Crippen molar-refractivity contribution in [2.75, 3.05) is 11.6 Å². The number of aliphatic hydroxyl groups excluding tert-OH is 1. The summed E-state index contributed by atoms with van der Waals surface area (Å²) >= 11 is 0. The van der Waals surface area contributed by atoms with Gasteiger partial charge in [0.25, 0.3) is 5.91 Å². The highest BCUT2D eigenvalue weighted by Gasteiger charge is 2.35. The summed E-state index contributed by atoms with van der Waals surface area (Å²) in [5.41, 5.74) is 0.833. The fourth-order valence-corrected chi connectivity index (χ4v) is 5.12. The number of anilines is 1. The summed E-state index contributed by atoms with van der Waals surface area (Å²) < 4.78 is 66.7. The molecule has 3 aromatic carbocycles. The molecular weight excluding hydrogens is 529 g/mol. The van der Waals surface area contributed by atoms with Gasteiger partial charge >= 0.3 is 6.18 Å². The Kier molecular flexibility index (Phi) is 7.99. The Labute approximate surface area is 224 Å². The number of rotatable bonds is 8. The van der Waals surface area contributed by atoms with E-state index in [2.05, 4.69) is 5.32 Å². The molecule has 0 saturated heterocycles. The van der Waals surface area contributed by atoms with Crippen LogP contribution in [-0.4, -0.2) is 36.4 Å². The van der Waals surface area contributed by atoms with Crippen molar-refractivity contribution in [1.29, 1.82) is 0 Å². The topological polar surface area (TPSA) is 88.4 Å². The van der Waals surface area contributed by atoms with Crippen molar-refractivity contribution >= 4 is 21.4 Å². The van der Waals surface area contributed by atoms with E-state index >= 15 is 0 Å². The summed E-state index contributed by atoms with van der Waals surface area (Å²) in [6.45, 7) is 1.51. The van der Waals surface area contributed by atoms with Crippen LogP contribution >= 0.6 is 0 Å². The summed E-state index contributed by atoms with van der Waals surface area (Å²) in [5.74, 6) is -0.582. The van der Waals surface area contributed by atoms with Crippen LogP contribution in [0.25, 0.3) is 11.3 Å². The van der Waals surface area contributed by atoms with Crippen LogP contribution in [0.1, 0.15) is 27.0 Å². The maximum absolute atomic E-state index is 13.9. The summed E-state index contributed by atoms with van der Waals surface area (Å²) in [6.07, 6.45) is -2.79. The Hall–Kier alpha value is -3.89. The van der Waals surface area contributed by atoms with Crippen LogP contribution in [0.3, 0.4) is 0 Å². The molecule has 0 bridgehead atoms. The van der Waals surface area contributed by atoms with E-state index in [9.17, 15) is 31.5 Å². The van der Waals surface area contributed by atoms with Gasteiger partial charge in [-0.15, -0.1) is 0 Å². The molecule has 10 heteroatoms. The van der Waals surface area contributed by atoms with Crippen LogP contribution in [0.4, 0.5) is 18.9 Å². The number of nitrogens with zero attached hydrogens (tertiary/aromatic N) is 1. The van der Waals surface area contributed by atoms with Gasteiger partial charge in [-0.25, -0.2) is 8.42 Å². The van der Waals surface area contributed by atoms with Gasteiger partial charge < -0.3 is 15.0 Å². The van der Waals surface area contributed by atoms with Crippen molar-refractivity contribution in [2.24, 2.45) is 0 Å². The minimum Gasteiger partial charge on any atom is -0.391 e. The SMILES string of the molecule is Cc1c(C(=O)Nc2ccc(S(C)(=O)=O)cc2)cn(CC(O)Cc2ccccc2)c1-c1ccccc1C(F)(F)F. The average Bonchev–Trinajstić information content (AvgIpc) is 3.19. The third-order valence-electron chi connectivity index (χ3n) is 6.33. The van der Waals surface area contributed by atoms with Gasteiger partial charge in [0.05, 0.1) is 27.8 Å². The second-order valence-electron chi connectivity index (χ2n) is 9.31. The minimum absolute atomic E-state index is 0.0480. The Morgan fingerprint density at radius 2 is 1.59 bits per heavy atom. The molecule has 1 heterocycles. The molecular formula is C29H27F3N2O4S. The first-order valence-corrected chi connectivity index (χ1v) is 13.9. The van der Waals surface area contributed by atoms with Gasteiger partial charge in [0.1, 0.15) is 0 Å². The van der Waals surface area contributed by atoms with E-state index in [0.29, 0.717) is 11.3 Å². The molecule has 6 nitrogen and oxygen atoms in total. The number of amides is 1. The first-order valence-electron chi connectivity index (χ1n) is 12.0. The standard InChI is InChI=1S/C29H27F3N2O4S/c1-19-25(28(36)33-21-12-14-23(15-13-21)39(2,37)38)18-34(17-22(35)16-20-8-4-3-5-9-20)27(19)24-10-6-7-11-26(24)29(30,31)32/h3-15,18,22,35H,16-17H2,1-2H3,(H,33,36). The van der Waals surface area contributed by atoms with Crippen LogP contribution in [0.15, 0.2) is 90.0 Å². The number of hydrogen-bond acceptors (Lipinski definition) is 4. The molecule has 0 fully saturated rings. The molecule has 1 atom stereocenters. The highest BCUT2D eigenvalue weighted by Crippen LogP contribution is 2.39. The lowest BCUT2D eigenvalue weighted by Crippen LogP contribution is -2.19. The second-order valence-corrected chi connectivity index (χ2v) is 11.3. The summed E-state index contributed by atoms with van der Waals surface area (Å²) in [4.78, 5) is 13.3. The summed E-state index contributed by atoms with van der Waals surface area (Å²) in [6, 6.07) is 19.9. The van der Waals surface area contributed by atoms with E-state index < -0.39 is 33.6 Å². The van der Waals surface area contributed by atoms with Crippen molar-refractivity contribution in [3.63, 3.8) is 0 Å². The number of nitrogens with one attached hydrogen (secondary N) is 1. The van der Waals surface area contributed by atoms with E-state index in [0.717, 1.165) is 17.9 Å². The van der Waals surface area contributed by atoms with Gasteiger partial charge in [-0.05, 0) is 48.4 Å². The lowest BCUT2D eigenvalue weighted by atomic mass is 9.99. The zero-order valence-corrected chi connectivity index (χ0v) is 22.1. The quantitative estimate of drug-likeness (QED) is 0.290. The molecule has 0 aliphatic heterocycles. The van der Waals surface area contributed by atoms with Gasteiger partial charge in [-0.1, -0.05) is 48.5 Å². The molecule has 1 aromatic heterocycles. The van der Waals surface area contributed by atoms with Crippen LogP contribution in [-0.2, 0) is 29.0 Å². The Morgan fingerprint density at radius 1 is 0.974 bits per heavy atom. The van der Waals surface area contributed by atoms with Crippen molar-refractivity contribution in [3.8, 4) is 11.3 Å². The molecule has 204 valence electrons. The molecule has 2 N–H and O–H groups in total.